The summed E-state index contributed by atoms with van der Waals surface area (Å²) in [6.07, 6.45) is 2.71. The Morgan fingerprint density at radius 1 is 1.12 bits per heavy atom. The second-order valence-corrected chi connectivity index (χ2v) is 8.99. The lowest BCUT2D eigenvalue weighted by atomic mass is 10.0. The fourth-order valence-corrected chi connectivity index (χ4v) is 4.45. The van der Waals surface area contributed by atoms with Gasteiger partial charge in [0.2, 0.25) is 0 Å². The summed E-state index contributed by atoms with van der Waals surface area (Å²) in [5, 5.41) is 14.2. The summed E-state index contributed by atoms with van der Waals surface area (Å²) in [7, 11) is 0. The third kappa shape index (κ3) is 4.40. The first-order valence-electron chi connectivity index (χ1n) is 10.6. The molecule has 0 bridgehead atoms. The van der Waals surface area contributed by atoms with Crippen molar-refractivity contribution in [3.63, 3.8) is 0 Å². The molecule has 1 aliphatic rings. The van der Waals surface area contributed by atoms with E-state index >= 15 is 0 Å². The van der Waals surface area contributed by atoms with Crippen LogP contribution in [0.2, 0.25) is 0 Å². The normalized spacial score (nSPS) is 13.6. The number of halogens is 1. The number of carboxylic acids is 1. The van der Waals surface area contributed by atoms with Crippen molar-refractivity contribution in [1.29, 1.82) is 0 Å². The van der Waals surface area contributed by atoms with Gasteiger partial charge in [-0.05, 0) is 35.9 Å². The molecule has 8 heteroatoms. The molecule has 0 fully saturated rings. The number of hydrogen-bond donors (Lipinski definition) is 2. The van der Waals surface area contributed by atoms with Crippen molar-refractivity contribution in [2.45, 2.75) is 19.5 Å². The van der Waals surface area contributed by atoms with Crippen LogP contribution in [0.1, 0.15) is 27.2 Å². The van der Waals surface area contributed by atoms with Gasteiger partial charge in [-0.2, -0.15) is 5.10 Å². The van der Waals surface area contributed by atoms with Crippen molar-refractivity contribution in [1.82, 2.24) is 19.7 Å². The van der Waals surface area contributed by atoms with Crippen molar-refractivity contribution >= 4 is 21.9 Å². The van der Waals surface area contributed by atoms with Crippen LogP contribution < -0.4 is 5.56 Å². The fraction of sp³-hybridized carbons (Fsp3) is 0.160. The summed E-state index contributed by atoms with van der Waals surface area (Å²) in [4.78, 5) is 28.4. The zero-order valence-electron chi connectivity index (χ0n) is 17.7. The molecule has 166 valence electrons. The van der Waals surface area contributed by atoms with Crippen LogP contribution in [0.4, 0.5) is 0 Å². The minimum atomic E-state index is -1.21. The number of hydrogen-bond acceptors (Lipinski definition) is 4. The smallest absolute Gasteiger partial charge is 0.341 e. The highest BCUT2D eigenvalue weighted by Crippen LogP contribution is 2.28. The Morgan fingerprint density at radius 3 is 2.61 bits per heavy atom. The van der Waals surface area contributed by atoms with Gasteiger partial charge in [0.05, 0.1) is 11.4 Å². The standard InChI is InChI=1S/C25H21BrN4O3/c26-19-8-6-16(7-9-19)23-18(15-30(28-23)20-4-2-1-3-5-20)14-29-11-10-22-17(13-29)12-21(25(32)33)24(31)27-22/h1-9,12,15H,10-11,13-14H2,(H,27,31)(H,32,33). The number of rotatable bonds is 5. The topological polar surface area (TPSA) is 91.2 Å². The van der Waals surface area contributed by atoms with Gasteiger partial charge in [-0.15, -0.1) is 0 Å². The van der Waals surface area contributed by atoms with E-state index in [0.717, 1.165) is 44.8 Å². The molecule has 5 rings (SSSR count). The number of nitrogens with zero attached hydrogens (tertiary/aromatic N) is 3. The molecule has 1 aliphatic heterocycles. The monoisotopic (exact) mass is 504 g/mol. The number of benzene rings is 2. The summed E-state index contributed by atoms with van der Waals surface area (Å²) >= 11 is 3.49. The van der Waals surface area contributed by atoms with E-state index in [-0.39, 0.29) is 5.56 Å². The zero-order chi connectivity index (χ0) is 22.9. The number of nitrogens with one attached hydrogen (secondary N) is 1. The van der Waals surface area contributed by atoms with Crippen LogP contribution >= 0.6 is 15.9 Å². The number of aromatic amines is 1. The Kier molecular flexibility index (Phi) is 5.70. The van der Waals surface area contributed by atoms with Crippen molar-refractivity contribution in [2.75, 3.05) is 6.54 Å². The molecule has 0 unspecified atom stereocenters. The molecule has 3 heterocycles. The van der Waals surface area contributed by atoms with Crippen LogP contribution in [0.15, 0.2) is 76.1 Å². The fourth-order valence-electron chi connectivity index (χ4n) is 4.19. The predicted molar refractivity (Wildman–Crippen MR) is 129 cm³/mol. The van der Waals surface area contributed by atoms with Gasteiger partial charge >= 0.3 is 5.97 Å². The highest BCUT2D eigenvalue weighted by atomic mass is 79.9. The molecular formula is C25H21BrN4O3. The molecule has 7 nitrogen and oxygen atoms in total. The summed E-state index contributed by atoms with van der Waals surface area (Å²) < 4.78 is 2.90. The van der Waals surface area contributed by atoms with Crippen LogP contribution in [-0.4, -0.2) is 37.3 Å². The van der Waals surface area contributed by atoms with E-state index < -0.39 is 11.5 Å². The lowest BCUT2D eigenvalue weighted by Gasteiger charge is -2.28. The second-order valence-electron chi connectivity index (χ2n) is 8.07. The van der Waals surface area contributed by atoms with Crippen LogP contribution in [0.25, 0.3) is 16.9 Å². The Labute approximate surface area is 198 Å². The van der Waals surface area contributed by atoms with Gasteiger partial charge in [-0.25, -0.2) is 9.48 Å². The van der Waals surface area contributed by atoms with Crippen molar-refractivity contribution in [3.05, 3.63) is 104 Å². The highest BCUT2D eigenvalue weighted by molar-refractivity contribution is 9.10. The van der Waals surface area contributed by atoms with Gasteiger partial charge in [0, 0.05) is 53.5 Å². The molecule has 0 saturated carbocycles. The Morgan fingerprint density at radius 2 is 1.88 bits per heavy atom. The zero-order valence-corrected chi connectivity index (χ0v) is 19.2. The van der Waals surface area contributed by atoms with E-state index in [2.05, 4.69) is 32.0 Å². The van der Waals surface area contributed by atoms with Gasteiger partial charge in [-0.3, -0.25) is 9.69 Å². The lowest BCUT2D eigenvalue weighted by molar-refractivity contribution is 0.0694. The molecule has 2 aromatic heterocycles. The van der Waals surface area contributed by atoms with Gasteiger partial charge in [-0.1, -0.05) is 46.3 Å². The van der Waals surface area contributed by atoms with Crippen molar-refractivity contribution in [2.24, 2.45) is 0 Å². The molecular weight excluding hydrogens is 484 g/mol. The number of fused-ring (bicyclic) bond motifs is 1. The molecule has 0 aliphatic carbocycles. The minimum absolute atomic E-state index is 0.219. The molecule has 0 saturated heterocycles. The Bertz CT molecular complexity index is 1380. The molecule has 0 amide bonds. The maximum Gasteiger partial charge on any atom is 0.341 e. The SMILES string of the molecule is O=C(O)c1cc2c([nH]c1=O)CCN(Cc1cn(-c3ccccc3)nc1-c1ccc(Br)cc1)C2. The quantitative estimate of drug-likeness (QED) is 0.424. The second kappa shape index (κ2) is 8.80. The summed E-state index contributed by atoms with van der Waals surface area (Å²) in [6.45, 7) is 1.97. The maximum atomic E-state index is 12.0. The number of carboxylic acid groups (broad SMARTS) is 1. The van der Waals surface area contributed by atoms with E-state index in [1.54, 1.807) is 0 Å². The number of H-pyrrole nitrogens is 1. The summed E-state index contributed by atoms with van der Waals surface area (Å²) in [5.41, 5.74) is 4.89. The van der Waals surface area contributed by atoms with Gasteiger partial charge in [0.15, 0.2) is 0 Å². The van der Waals surface area contributed by atoms with Crippen molar-refractivity contribution in [3.8, 4) is 16.9 Å². The van der Waals surface area contributed by atoms with E-state index in [9.17, 15) is 14.7 Å². The average Bonchev–Trinajstić information content (AvgIpc) is 3.23. The van der Waals surface area contributed by atoms with Crippen LogP contribution in [0.5, 0.6) is 0 Å². The molecule has 0 atom stereocenters. The summed E-state index contributed by atoms with van der Waals surface area (Å²) in [5.74, 6) is -1.21. The van der Waals surface area contributed by atoms with E-state index in [4.69, 9.17) is 5.10 Å². The first-order valence-corrected chi connectivity index (χ1v) is 11.4. The molecule has 2 N–H and O–H groups in total. The largest absolute Gasteiger partial charge is 0.477 e. The first kappa shape index (κ1) is 21.4. The maximum absolute atomic E-state index is 12.0. The summed E-state index contributed by atoms with van der Waals surface area (Å²) in [6, 6.07) is 19.6. The molecule has 0 spiro atoms. The molecule has 33 heavy (non-hydrogen) atoms. The van der Waals surface area contributed by atoms with Crippen molar-refractivity contribution < 1.29 is 9.90 Å². The number of aromatic carboxylic acids is 1. The first-order chi connectivity index (χ1) is 16.0. The Hall–Kier alpha value is -3.49. The van der Waals surface area contributed by atoms with E-state index in [1.165, 1.54) is 6.07 Å². The van der Waals surface area contributed by atoms with Gasteiger partial charge in [0.25, 0.3) is 5.56 Å². The number of para-hydroxylation sites is 1. The third-order valence-corrected chi connectivity index (χ3v) is 6.37. The van der Waals surface area contributed by atoms with Crippen LogP contribution in [-0.2, 0) is 19.5 Å². The predicted octanol–water partition coefficient (Wildman–Crippen LogP) is 4.25. The van der Waals surface area contributed by atoms with E-state index in [0.29, 0.717) is 19.5 Å². The van der Waals surface area contributed by atoms with Crippen LogP contribution in [0, 0.1) is 0 Å². The molecule has 0 radical (unpaired) electrons. The van der Waals surface area contributed by atoms with E-state index in [1.807, 2.05) is 59.3 Å². The minimum Gasteiger partial charge on any atom is -0.477 e. The van der Waals surface area contributed by atoms with Gasteiger partial charge in [0.1, 0.15) is 5.56 Å². The molecule has 4 aromatic rings. The number of carbonyl (C=O) groups is 1. The Balaban J connectivity index is 1.48. The van der Waals surface area contributed by atoms with Crippen LogP contribution in [0.3, 0.4) is 0 Å². The van der Waals surface area contributed by atoms with Gasteiger partial charge < -0.3 is 10.1 Å². The average molecular weight is 505 g/mol. The highest BCUT2D eigenvalue weighted by Gasteiger charge is 2.22. The number of aromatic nitrogens is 3. The number of pyridine rings is 1. The lowest BCUT2D eigenvalue weighted by Crippen LogP contribution is -2.33. The third-order valence-electron chi connectivity index (χ3n) is 5.84. The molecule has 2 aromatic carbocycles.